The van der Waals surface area contributed by atoms with Gasteiger partial charge in [0.05, 0.1) is 73.2 Å². The number of aliphatic imine (C=N–C) groups is 3. The summed E-state index contributed by atoms with van der Waals surface area (Å²) in [7, 11) is 4.53. The summed E-state index contributed by atoms with van der Waals surface area (Å²) in [5.41, 5.74) is 7.84. The van der Waals surface area contributed by atoms with Crippen molar-refractivity contribution in [3.8, 4) is 40.2 Å². The normalized spacial score (nSPS) is 18.5. The van der Waals surface area contributed by atoms with E-state index in [0.717, 1.165) is 19.3 Å². The van der Waals surface area contributed by atoms with E-state index in [0.29, 0.717) is 87.5 Å². The molecule has 6 aliphatic heterocycles. The van der Waals surface area contributed by atoms with Crippen LogP contribution in [0.5, 0.6) is 40.2 Å². The zero-order valence-electron chi connectivity index (χ0n) is 40.8. The largest absolute Gasteiger partial charge is 0.508 e. The van der Waals surface area contributed by atoms with Gasteiger partial charge in [0, 0.05) is 90.4 Å². The second-order valence-corrected chi connectivity index (χ2v) is 21.7. The molecule has 0 radical (unpaired) electrons. The van der Waals surface area contributed by atoms with Gasteiger partial charge in [-0.2, -0.15) is 0 Å². The number of phenols is 2. The predicted molar refractivity (Wildman–Crippen MR) is 287 cm³/mol. The number of amides is 3. The van der Waals surface area contributed by atoms with Crippen molar-refractivity contribution in [3.63, 3.8) is 0 Å². The standard InChI is InChI=1S/C40H34N4O7S2.C16H14N2O3S/c1-48-33-12-29-31(41-16-26-10-37-24(3-5-52-37)18-43(26)39(29)46)14-35(33)50-20-22-7-23(9-28(45)8-22)21-51-36-15-32-30(13-34(36)49-2)40(47)44-19-25-4-6-53-38(25)11-27(44)17-42-32;1-21-14-5-11-12(6-13(14)19)17-7-10-4-15-9(2-3-22-15)8-18(10)16(11)20/h3-9,12-17,26-27,45H,10-11,18-21H2,1-2H3;2-3,5-7,10,19H,4,8H2,1H3/t26-,27-;10-/m00/s1. The van der Waals surface area contributed by atoms with Crippen molar-refractivity contribution in [2.24, 2.45) is 15.0 Å². The zero-order chi connectivity index (χ0) is 51.5. The molecule has 0 saturated heterocycles. The molecule has 9 heterocycles. The van der Waals surface area contributed by atoms with E-state index in [-0.39, 0.29) is 66.3 Å². The molecule has 0 aliphatic carbocycles. The molecule has 0 fully saturated rings. The van der Waals surface area contributed by atoms with E-state index in [4.69, 9.17) is 33.7 Å². The molecule has 19 heteroatoms. The van der Waals surface area contributed by atoms with Crippen molar-refractivity contribution in [2.75, 3.05) is 21.3 Å². The number of methoxy groups -OCH3 is 3. The zero-order valence-corrected chi connectivity index (χ0v) is 43.3. The topological polar surface area (TPSA) is 185 Å². The smallest absolute Gasteiger partial charge is 0.257 e. The number of aromatic hydroxyl groups is 2. The minimum absolute atomic E-state index is 0.00909. The van der Waals surface area contributed by atoms with Crippen LogP contribution in [0.15, 0.2) is 104 Å². The number of fused-ring (bicyclic) bond motifs is 9. The SMILES string of the molecule is COc1cc2c(cc1O)N=C[C@@H]1Cc3sccc3CN1C2=O.COc1cc2c(cc1OCc1cc(O)cc(COc3cc4c(cc3OC)C(=O)N3Cc5ccsc5C[C@H]3C=N4)c1)N=C[C@@H]1Cc3sccc3CN1C2=O. The Hall–Kier alpha value is -8.00. The molecule has 0 spiro atoms. The molecule has 3 aromatic heterocycles. The van der Waals surface area contributed by atoms with Crippen LogP contribution in [0.2, 0.25) is 0 Å². The number of thiophene rings is 3. The van der Waals surface area contributed by atoms with Crippen molar-refractivity contribution in [1.82, 2.24) is 14.7 Å². The second kappa shape index (κ2) is 19.7. The number of hydrogen-bond donors (Lipinski definition) is 2. The first kappa shape index (κ1) is 48.0. The number of ether oxygens (including phenoxy) is 5. The van der Waals surface area contributed by atoms with E-state index in [1.807, 2.05) is 33.2 Å². The average Bonchev–Trinajstić information content (AvgIpc) is 4.17. The monoisotopic (exact) mass is 1060 g/mol. The van der Waals surface area contributed by atoms with Crippen LogP contribution >= 0.6 is 34.0 Å². The fourth-order valence-corrected chi connectivity index (χ4v) is 13.2. The number of nitrogens with zero attached hydrogens (tertiary/aromatic N) is 6. The Labute approximate surface area is 443 Å². The van der Waals surface area contributed by atoms with Gasteiger partial charge in [0.1, 0.15) is 19.0 Å². The number of benzene rings is 4. The van der Waals surface area contributed by atoms with Gasteiger partial charge in [0.15, 0.2) is 34.5 Å². The van der Waals surface area contributed by atoms with Crippen molar-refractivity contribution >= 4 is 87.4 Å². The molecular weight excluding hydrogens is 1010 g/mol. The molecule has 7 aromatic rings. The first-order valence-electron chi connectivity index (χ1n) is 24.2. The van der Waals surface area contributed by atoms with E-state index in [9.17, 15) is 24.6 Å². The third-order valence-electron chi connectivity index (χ3n) is 14.2. The van der Waals surface area contributed by atoms with Gasteiger partial charge in [-0.15, -0.1) is 34.0 Å². The average molecular weight is 1060 g/mol. The van der Waals surface area contributed by atoms with Crippen LogP contribution in [0.25, 0.3) is 0 Å². The molecule has 3 amide bonds. The number of hydrogen-bond acceptors (Lipinski definition) is 16. The molecule has 75 heavy (non-hydrogen) atoms. The van der Waals surface area contributed by atoms with Gasteiger partial charge < -0.3 is 48.6 Å². The summed E-state index contributed by atoms with van der Waals surface area (Å²) in [6.07, 6.45) is 7.76. The van der Waals surface area contributed by atoms with Gasteiger partial charge in [-0.25, -0.2) is 0 Å². The fraction of sp³-hybridized carbons (Fsp3) is 0.250. The van der Waals surface area contributed by atoms with Gasteiger partial charge in [0.2, 0.25) is 0 Å². The highest BCUT2D eigenvalue weighted by atomic mass is 32.1. The Morgan fingerprint density at radius 2 is 0.867 bits per heavy atom. The summed E-state index contributed by atoms with van der Waals surface area (Å²) in [4.78, 5) is 63.6. The number of carbonyl (C=O) groups excluding carboxylic acids is 3. The van der Waals surface area contributed by atoms with Crippen molar-refractivity contribution < 1.29 is 48.3 Å². The van der Waals surface area contributed by atoms with E-state index in [1.165, 1.54) is 58.7 Å². The van der Waals surface area contributed by atoms with Gasteiger partial charge in [0.25, 0.3) is 17.7 Å². The highest BCUT2D eigenvalue weighted by Gasteiger charge is 2.37. The lowest BCUT2D eigenvalue weighted by molar-refractivity contribution is 0.0697. The Kier molecular flexibility index (Phi) is 12.6. The maximum atomic E-state index is 13.7. The molecule has 6 aliphatic rings. The van der Waals surface area contributed by atoms with E-state index >= 15 is 0 Å². The summed E-state index contributed by atoms with van der Waals surface area (Å²) >= 11 is 5.14. The van der Waals surface area contributed by atoms with E-state index < -0.39 is 0 Å². The summed E-state index contributed by atoms with van der Waals surface area (Å²) < 4.78 is 28.9. The molecule has 380 valence electrons. The quantitative estimate of drug-likeness (QED) is 0.141. The Bertz CT molecular complexity index is 3380. The van der Waals surface area contributed by atoms with Crippen molar-refractivity contribution in [2.45, 2.75) is 70.2 Å². The van der Waals surface area contributed by atoms with E-state index in [2.05, 4.69) is 39.3 Å². The van der Waals surface area contributed by atoms with Crippen LogP contribution in [0.1, 0.15) is 73.5 Å². The van der Waals surface area contributed by atoms with Crippen LogP contribution in [0.3, 0.4) is 0 Å². The Morgan fingerprint density at radius 1 is 0.493 bits per heavy atom. The third kappa shape index (κ3) is 9.03. The number of rotatable bonds is 9. The molecular formula is C56H48N6O10S3. The Morgan fingerprint density at radius 3 is 1.25 bits per heavy atom. The molecule has 0 saturated carbocycles. The molecule has 13 rings (SSSR count). The van der Waals surface area contributed by atoms with Gasteiger partial charge in [-0.05, 0) is 98.6 Å². The number of carbonyl (C=O) groups is 3. The van der Waals surface area contributed by atoms with Crippen LogP contribution in [0.4, 0.5) is 17.1 Å². The molecule has 0 unspecified atom stereocenters. The molecule has 4 aromatic carbocycles. The highest BCUT2D eigenvalue weighted by molar-refractivity contribution is 7.10. The predicted octanol–water partition coefficient (Wildman–Crippen LogP) is 10.0. The van der Waals surface area contributed by atoms with Crippen LogP contribution < -0.4 is 23.7 Å². The summed E-state index contributed by atoms with van der Waals surface area (Å²) in [6, 6.07) is 20.9. The third-order valence-corrected chi connectivity index (χ3v) is 17.2. The first-order chi connectivity index (χ1) is 36.5. The minimum Gasteiger partial charge on any atom is -0.508 e. The first-order valence-corrected chi connectivity index (χ1v) is 26.8. The van der Waals surface area contributed by atoms with Crippen LogP contribution in [0, 0.1) is 0 Å². The maximum Gasteiger partial charge on any atom is 0.257 e. The van der Waals surface area contributed by atoms with Gasteiger partial charge >= 0.3 is 0 Å². The molecule has 0 bridgehead atoms. The van der Waals surface area contributed by atoms with E-state index in [1.54, 1.807) is 82.7 Å². The highest BCUT2D eigenvalue weighted by Crippen LogP contribution is 2.43. The van der Waals surface area contributed by atoms with Gasteiger partial charge in [-0.3, -0.25) is 29.4 Å². The molecule has 3 atom stereocenters. The lowest BCUT2D eigenvalue weighted by Gasteiger charge is -2.32. The summed E-state index contributed by atoms with van der Waals surface area (Å²) in [6.45, 7) is 1.89. The maximum absolute atomic E-state index is 13.7. The summed E-state index contributed by atoms with van der Waals surface area (Å²) in [5.74, 6) is 1.72. The minimum atomic E-state index is -0.122. The summed E-state index contributed by atoms with van der Waals surface area (Å²) in [5, 5.41) is 26.7. The Balaban J connectivity index is 0.000000215. The lowest BCUT2D eigenvalue weighted by atomic mass is 10.0. The van der Waals surface area contributed by atoms with Gasteiger partial charge in [-0.1, -0.05) is 0 Å². The number of phenolic OH excluding ortho intramolecular Hbond substituents is 2. The lowest BCUT2D eigenvalue weighted by Crippen LogP contribution is -2.44. The fourth-order valence-electron chi connectivity index (χ4n) is 10.3. The molecule has 2 N–H and O–H groups in total. The van der Waals surface area contributed by atoms with Crippen molar-refractivity contribution in [3.05, 3.63) is 148 Å². The second-order valence-electron chi connectivity index (χ2n) is 18.7. The van der Waals surface area contributed by atoms with Crippen LogP contribution in [-0.2, 0) is 52.1 Å². The molecule has 16 nitrogen and oxygen atoms in total. The van der Waals surface area contributed by atoms with Crippen molar-refractivity contribution in [1.29, 1.82) is 0 Å². The van der Waals surface area contributed by atoms with Crippen LogP contribution in [-0.4, -0.2) is 101 Å².